The Kier molecular flexibility index (Phi) is 8.81. The van der Waals surface area contributed by atoms with Crippen molar-refractivity contribution in [1.82, 2.24) is 5.32 Å². The summed E-state index contributed by atoms with van der Waals surface area (Å²) in [4.78, 5) is 44.8. The van der Waals surface area contributed by atoms with Crippen molar-refractivity contribution in [3.8, 4) is 11.5 Å². The largest absolute Gasteiger partial charge is 0.493 e. The van der Waals surface area contributed by atoms with Gasteiger partial charge in [0.15, 0.2) is 11.5 Å². The van der Waals surface area contributed by atoms with Gasteiger partial charge in [-0.1, -0.05) is 96.6 Å². The molecule has 3 aliphatic heterocycles. The summed E-state index contributed by atoms with van der Waals surface area (Å²) in [6.07, 6.45) is 3.31. The highest BCUT2D eigenvalue weighted by Crippen LogP contribution is 2.50. The molecule has 8 nitrogen and oxygen atoms in total. The lowest BCUT2D eigenvalue weighted by molar-refractivity contribution is -0.122. The van der Waals surface area contributed by atoms with Gasteiger partial charge in [-0.25, -0.2) is 9.69 Å². The predicted molar refractivity (Wildman–Crippen MR) is 202 cm³/mol. The summed E-state index contributed by atoms with van der Waals surface area (Å²) < 4.78 is 11.7. The van der Waals surface area contributed by atoms with Crippen LogP contribution in [0.25, 0.3) is 6.08 Å². The van der Waals surface area contributed by atoms with Crippen LogP contribution in [0.3, 0.4) is 0 Å². The molecule has 0 aliphatic carbocycles. The number of carbonyl (C=O) groups excluding carboxylic acids is 3. The Bertz CT molecular complexity index is 2140. The second-order valence-electron chi connectivity index (χ2n) is 13.6. The summed E-state index contributed by atoms with van der Waals surface area (Å²) in [5.74, 6) is -0.287. The minimum absolute atomic E-state index is 0.0828. The van der Waals surface area contributed by atoms with E-state index in [-0.39, 0.29) is 17.4 Å². The van der Waals surface area contributed by atoms with E-state index in [1.807, 2.05) is 73.7 Å². The second-order valence-corrected chi connectivity index (χ2v) is 13.6. The topological polar surface area (TPSA) is 88.2 Å². The summed E-state index contributed by atoms with van der Waals surface area (Å²) in [6.45, 7) is 4.23. The number of barbiturate groups is 1. The lowest BCUT2D eigenvalue weighted by atomic mass is 9.76. The van der Waals surface area contributed by atoms with E-state index in [9.17, 15) is 14.4 Å². The third-order valence-electron chi connectivity index (χ3n) is 10.3. The van der Waals surface area contributed by atoms with Crippen LogP contribution >= 0.6 is 0 Å². The molecule has 4 amide bonds. The van der Waals surface area contributed by atoms with Crippen LogP contribution in [-0.2, 0) is 16.2 Å². The van der Waals surface area contributed by atoms with Gasteiger partial charge in [-0.2, -0.15) is 0 Å². The van der Waals surface area contributed by atoms with E-state index >= 15 is 0 Å². The minimum atomic E-state index is -0.771. The van der Waals surface area contributed by atoms with Crippen molar-refractivity contribution in [3.63, 3.8) is 0 Å². The zero-order valence-electron chi connectivity index (χ0n) is 29.2. The summed E-state index contributed by atoms with van der Waals surface area (Å²) in [5.41, 5.74) is 8.73. The first-order valence-electron chi connectivity index (χ1n) is 17.7. The van der Waals surface area contributed by atoms with Gasteiger partial charge in [-0.3, -0.25) is 14.9 Å². The molecule has 0 bridgehead atoms. The van der Waals surface area contributed by atoms with Crippen molar-refractivity contribution in [2.75, 3.05) is 30.0 Å². The van der Waals surface area contributed by atoms with E-state index in [1.54, 1.807) is 25.3 Å². The summed E-state index contributed by atoms with van der Waals surface area (Å²) in [5, 5.41) is 2.43. The zero-order valence-corrected chi connectivity index (χ0v) is 29.2. The quantitative estimate of drug-likeness (QED) is 0.131. The molecule has 1 saturated heterocycles. The number of rotatable bonds is 8. The van der Waals surface area contributed by atoms with Crippen LogP contribution in [0.15, 0.2) is 121 Å². The number of imide groups is 2. The molecule has 1 N–H and O–H groups in total. The third kappa shape index (κ3) is 6.21. The van der Waals surface area contributed by atoms with Gasteiger partial charge in [0.2, 0.25) is 0 Å². The Hall–Kier alpha value is -6.15. The van der Waals surface area contributed by atoms with E-state index in [0.29, 0.717) is 29.4 Å². The zero-order chi connectivity index (χ0) is 35.8. The van der Waals surface area contributed by atoms with E-state index in [2.05, 4.69) is 40.5 Å². The summed E-state index contributed by atoms with van der Waals surface area (Å²) in [6, 6.07) is 37.3. The molecule has 8 heteroatoms. The highest BCUT2D eigenvalue weighted by molar-refractivity contribution is 6.39. The van der Waals surface area contributed by atoms with Crippen LogP contribution in [0.5, 0.6) is 11.5 Å². The molecule has 3 aliphatic rings. The molecule has 0 spiro atoms. The van der Waals surface area contributed by atoms with Crippen LogP contribution in [0.4, 0.5) is 16.2 Å². The van der Waals surface area contributed by atoms with E-state index in [0.717, 1.165) is 53.1 Å². The average molecular weight is 690 g/mol. The number of methoxy groups -OCH3 is 1. The molecule has 5 aromatic rings. The molecule has 0 saturated carbocycles. The maximum Gasteiger partial charge on any atom is 0.335 e. The summed E-state index contributed by atoms with van der Waals surface area (Å²) >= 11 is 0. The Morgan fingerprint density at radius 2 is 1.40 bits per heavy atom. The van der Waals surface area contributed by atoms with Crippen LogP contribution < -0.4 is 24.6 Å². The Morgan fingerprint density at radius 1 is 0.750 bits per heavy atom. The lowest BCUT2D eigenvalue weighted by Gasteiger charge is -2.44. The number of benzene rings is 5. The van der Waals surface area contributed by atoms with Gasteiger partial charge < -0.3 is 14.4 Å². The second kappa shape index (κ2) is 13.9. The standard InChI is InChI=1S/C44H39N3O5/c1-28-10-9-11-30(22-28)27-52-39-17-16-29(24-40(39)51-2)23-38-42(48)45-44(50)47(43(38)49)33-25-36-34(31-12-5-3-6-13-31)18-20-46-21-19-35(37(26-33)41(36)46)32-14-7-4-8-15-32/h3-17,22-26,34-35H,18-21,27H2,1-2H3,(H,45,48,50)/b38-23+/t34-,35-/m1/s1. The van der Waals surface area contributed by atoms with Crippen molar-refractivity contribution in [3.05, 3.63) is 160 Å². The van der Waals surface area contributed by atoms with Gasteiger partial charge in [0, 0.05) is 30.6 Å². The Morgan fingerprint density at radius 3 is 2.02 bits per heavy atom. The molecule has 0 aromatic heterocycles. The first-order valence-corrected chi connectivity index (χ1v) is 17.7. The molecule has 260 valence electrons. The SMILES string of the molecule is COc1cc(/C=C2\C(=O)NC(=O)N(c3cc4c5c(c3)[C@@H](c3ccccc3)CCN5CC[C@@H]4c3ccccc3)C2=O)ccc1OCc1cccc(C)c1. The highest BCUT2D eigenvalue weighted by atomic mass is 16.5. The molecule has 2 atom stereocenters. The molecule has 0 radical (unpaired) electrons. The van der Waals surface area contributed by atoms with E-state index < -0.39 is 17.8 Å². The number of amides is 4. The fraction of sp³-hybridized carbons (Fsp3) is 0.205. The molecular formula is C44H39N3O5. The van der Waals surface area contributed by atoms with Crippen LogP contribution in [0.2, 0.25) is 0 Å². The Labute approximate surface area is 303 Å². The van der Waals surface area contributed by atoms with Crippen LogP contribution in [-0.4, -0.2) is 38.0 Å². The van der Waals surface area contributed by atoms with Gasteiger partial charge in [0.1, 0.15) is 12.2 Å². The monoisotopic (exact) mass is 689 g/mol. The first-order chi connectivity index (χ1) is 25.4. The predicted octanol–water partition coefficient (Wildman–Crippen LogP) is 8.13. The normalized spacial score (nSPS) is 19.0. The summed E-state index contributed by atoms with van der Waals surface area (Å²) in [7, 11) is 1.54. The number of urea groups is 1. The van der Waals surface area contributed by atoms with Crippen molar-refractivity contribution >= 4 is 35.3 Å². The number of hydrogen-bond donors (Lipinski definition) is 1. The van der Waals surface area contributed by atoms with Gasteiger partial charge in [-0.15, -0.1) is 0 Å². The van der Waals surface area contributed by atoms with E-state index in [1.165, 1.54) is 22.9 Å². The van der Waals surface area contributed by atoms with Gasteiger partial charge in [-0.05, 0) is 83.5 Å². The lowest BCUT2D eigenvalue weighted by Crippen LogP contribution is -2.54. The van der Waals surface area contributed by atoms with Gasteiger partial charge >= 0.3 is 6.03 Å². The van der Waals surface area contributed by atoms with Gasteiger partial charge in [0.25, 0.3) is 11.8 Å². The number of ether oxygens (including phenoxy) is 2. The fourth-order valence-electron chi connectivity index (χ4n) is 7.88. The van der Waals surface area contributed by atoms with E-state index in [4.69, 9.17) is 9.47 Å². The average Bonchev–Trinajstić information content (AvgIpc) is 3.16. The molecule has 5 aromatic carbocycles. The smallest absolute Gasteiger partial charge is 0.335 e. The fourth-order valence-corrected chi connectivity index (χ4v) is 7.88. The first kappa shape index (κ1) is 33.0. The van der Waals surface area contributed by atoms with Crippen LogP contribution in [0, 0.1) is 6.92 Å². The van der Waals surface area contributed by atoms with Crippen molar-refractivity contribution in [2.45, 2.75) is 38.2 Å². The number of nitrogens with zero attached hydrogens (tertiary/aromatic N) is 2. The number of aryl methyl sites for hydroxylation is 1. The molecule has 8 rings (SSSR count). The number of carbonyl (C=O) groups is 3. The molecule has 52 heavy (non-hydrogen) atoms. The maximum absolute atomic E-state index is 14.3. The van der Waals surface area contributed by atoms with Crippen molar-refractivity contribution in [2.24, 2.45) is 0 Å². The number of nitrogens with one attached hydrogen (secondary N) is 1. The molecule has 0 unspecified atom stereocenters. The minimum Gasteiger partial charge on any atom is -0.493 e. The molecule has 1 fully saturated rings. The maximum atomic E-state index is 14.3. The van der Waals surface area contributed by atoms with Crippen LogP contribution in [0.1, 0.15) is 63.6 Å². The molecular weight excluding hydrogens is 651 g/mol. The van der Waals surface area contributed by atoms with Crippen molar-refractivity contribution < 1.29 is 23.9 Å². The van der Waals surface area contributed by atoms with Crippen molar-refractivity contribution in [1.29, 1.82) is 0 Å². The van der Waals surface area contributed by atoms with Gasteiger partial charge in [0.05, 0.1) is 12.8 Å². The number of hydrogen-bond acceptors (Lipinski definition) is 6. The molecule has 3 heterocycles. The Balaban J connectivity index is 1.17. The highest BCUT2D eigenvalue weighted by Gasteiger charge is 2.40. The number of anilines is 2. The third-order valence-corrected chi connectivity index (χ3v) is 10.3.